The topological polar surface area (TPSA) is 52.9 Å². The molecule has 1 aliphatic rings. The highest BCUT2D eigenvalue weighted by atomic mass is 16.3. The Morgan fingerprint density at radius 3 is 2.42 bits per heavy atom. The lowest BCUT2D eigenvalue weighted by molar-refractivity contribution is -0.113. The number of anilines is 1. The van der Waals surface area contributed by atoms with Crippen LogP contribution in [-0.4, -0.2) is 16.8 Å². The Bertz CT molecular complexity index is 1360. The standard InChI is InChI=1S/C27H20N2O2/c1-18-6-4-10-21(16-18)26-28-25(27(31)29(26)22-12-14-23(30)15-13-22)17-20-9-5-8-19-7-2-3-11-24(19)20/h2-17,30H,1H3/b25-17+. The number of carbonyl (C=O) groups is 1. The van der Waals surface area contributed by atoms with Crippen molar-refractivity contribution in [3.63, 3.8) is 0 Å². The molecule has 0 aliphatic carbocycles. The number of amidine groups is 1. The fraction of sp³-hybridized carbons (Fsp3) is 0.0370. The van der Waals surface area contributed by atoms with Gasteiger partial charge >= 0.3 is 0 Å². The number of rotatable bonds is 3. The van der Waals surface area contributed by atoms with Gasteiger partial charge in [0.25, 0.3) is 5.91 Å². The van der Waals surface area contributed by atoms with Gasteiger partial charge in [0, 0.05) is 5.56 Å². The van der Waals surface area contributed by atoms with Crippen LogP contribution in [0.4, 0.5) is 5.69 Å². The Morgan fingerprint density at radius 1 is 0.871 bits per heavy atom. The van der Waals surface area contributed by atoms with Gasteiger partial charge in [0.15, 0.2) is 0 Å². The largest absolute Gasteiger partial charge is 0.508 e. The second-order valence-electron chi connectivity index (χ2n) is 7.56. The molecule has 150 valence electrons. The lowest BCUT2D eigenvalue weighted by atomic mass is 10.0. The summed E-state index contributed by atoms with van der Waals surface area (Å²) >= 11 is 0. The van der Waals surface area contributed by atoms with Crippen LogP contribution in [0, 0.1) is 6.92 Å². The van der Waals surface area contributed by atoms with Crippen molar-refractivity contribution in [1.82, 2.24) is 0 Å². The number of phenolic OH excluding ortho intramolecular Hbond substituents is 1. The van der Waals surface area contributed by atoms with Crippen LogP contribution in [0.25, 0.3) is 16.8 Å². The van der Waals surface area contributed by atoms with Crippen molar-refractivity contribution in [3.05, 3.63) is 113 Å². The molecular weight excluding hydrogens is 384 g/mol. The molecule has 4 aromatic carbocycles. The van der Waals surface area contributed by atoms with Gasteiger partial charge in [-0.1, -0.05) is 66.2 Å². The Morgan fingerprint density at radius 2 is 1.61 bits per heavy atom. The zero-order chi connectivity index (χ0) is 21.4. The first-order chi connectivity index (χ1) is 15.1. The fourth-order valence-corrected chi connectivity index (χ4v) is 3.86. The monoisotopic (exact) mass is 404 g/mol. The third-order valence-corrected chi connectivity index (χ3v) is 5.36. The predicted molar refractivity (Wildman–Crippen MR) is 125 cm³/mol. The van der Waals surface area contributed by atoms with E-state index in [1.54, 1.807) is 29.2 Å². The molecule has 31 heavy (non-hydrogen) atoms. The summed E-state index contributed by atoms with van der Waals surface area (Å²) in [6, 6.07) is 28.6. The Balaban J connectivity index is 1.67. The number of hydrogen-bond donors (Lipinski definition) is 1. The fourth-order valence-electron chi connectivity index (χ4n) is 3.86. The first-order valence-corrected chi connectivity index (χ1v) is 10.1. The quantitative estimate of drug-likeness (QED) is 0.446. The van der Waals surface area contributed by atoms with E-state index in [2.05, 4.69) is 12.1 Å². The highest BCUT2D eigenvalue weighted by Gasteiger charge is 2.32. The molecule has 0 aromatic heterocycles. The molecule has 1 aliphatic heterocycles. The molecule has 0 bridgehead atoms. The maximum Gasteiger partial charge on any atom is 0.282 e. The highest BCUT2D eigenvalue weighted by Crippen LogP contribution is 2.30. The summed E-state index contributed by atoms with van der Waals surface area (Å²) in [5.74, 6) is 0.525. The van der Waals surface area contributed by atoms with Gasteiger partial charge in [0.1, 0.15) is 17.3 Å². The average molecular weight is 404 g/mol. The van der Waals surface area contributed by atoms with E-state index in [1.165, 1.54) is 0 Å². The molecule has 0 unspecified atom stereocenters. The van der Waals surface area contributed by atoms with E-state index in [1.807, 2.05) is 67.6 Å². The predicted octanol–water partition coefficient (Wildman–Crippen LogP) is 5.69. The number of carbonyl (C=O) groups excluding carboxylic acids is 1. The third kappa shape index (κ3) is 3.49. The minimum atomic E-state index is -0.199. The van der Waals surface area contributed by atoms with Gasteiger partial charge in [0.05, 0.1) is 5.69 Å². The van der Waals surface area contributed by atoms with Crippen molar-refractivity contribution in [2.45, 2.75) is 6.92 Å². The zero-order valence-corrected chi connectivity index (χ0v) is 17.0. The minimum absolute atomic E-state index is 0.149. The smallest absolute Gasteiger partial charge is 0.282 e. The summed E-state index contributed by atoms with van der Waals surface area (Å²) in [7, 11) is 0. The summed E-state index contributed by atoms with van der Waals surface area (Å²) in [5.41, 5.74) is 3.93. The van der Waals surface area contributed by atoms with Crippen LogP contribution in [0.5, 0.6) is 5.75 Å². The number of benzene rings is 4. The highest BCUT2D eigenvalue weighted by molar-refractivity contribution is 6.33. The van der Waals surface area contributed by atoms with Crippen molar-refractivity contribution < 1.29 is 9.90 Å². The first kappa shape index (κ1) is 18.8. The molecule has 0 saturated carbocycles. The van der Waals surface area contributed by atoms with Gasteiger partial charge < -0.3 is 5.11 Å². The second-order valence-corrected chi connectivity index (χ2v) is 7.56. The maximum atomic E-state index is 13.5. The number of fused-ring (bicyclic) bond motifs is 1. The van der Waals surface area contributed by atoms with Gasteiger partial charge in [-0.05, 0) is 59.7 Å². The van der Waals surface area contributed by atoms with Crippen LogP contribution < -0.4 is 4.90 Å². The van der Waals surface area contributed by atoms with E-state index < -0.39 is 0 Å². The lowest BCUT2D eigenvalue weighted by Gasteiger charge is -2.18. The summed E-state index contributed by atoms with van der Waals surface area (Å²) < 4.78 is 0. The Labute approximate surface area is 180 Å². The van der Waals surface area contributed by atoms with Crippen LogP contribution in [0.15, 0.2) is 102 Å². The summed E-state index contributed by atoms with van der Waals surface area (Å²) in [6.07, 6.45) is 1.85. The van der Waals surface area contributed by atoms with E-state index >= 15 is 0 Å². The molecule has 4 nitrogen and oxygen atoms in total. The van der Waals surface area contributed by atoms with Crippen molar-refractivity contribution in [2.24, 2.45) is 4.99 Å². The molecule has 1 N–H and O–H groups in total. The molecule has 4 heteroatoms. The number of phenols is 1. The molecule has 0 fully saturated rings. The first-order valence-electron chi connectivity index (χ1n) is 10.1. The lowest BCUT2D eigenvalue weighted by Crippen LogP contribution is -2.32. The number of aryl methyl sites for hydroxylation is 1. The van der Waals surface area contributed by atoms with Gasteiger partial charge in [-0.25, -0.2) is 4.99 Å². The molecule has 0 atom stereocenters. The molecule has 0 spiro atoms. The van der Waals surface area contributed by atoms with Gasteiger partial charge in [-0.2, -0.15) is 0 Å². The molecule has 1 amide bonds. The van der Waals surface area contributed by atoms with Crippen LogP contribution in [-0.2, 0) is 4.79 Å². The van der Waals surface area contributed by atoms with Gasteiger partial charge in [-0.3, -0.25) is 9.69 Å². The maximum absolute atomic E-state index is 13.5. The zero-order valence-electron chi connectivity index (χ0n) is 17.0. The molecule has 0 saturated heterocycles. The minimum Gasteiger partial charge on any atom is -0.508 e. The van der Waals surface area contributed by atoms with E-state index in [0.29, 0.717) is 17.2 Å². The van der Waals surface area contributed by atoms with E-state index in [4.69, 9.17) is 4.99 Å². The summed E-state index contributed by atoms with van der Waals surface area (Å²) in [5, 5.41) is 11.9. The summed E-state index contributed by atoms with van der Waals surface area (Å²) in [4.78, 5) is 19.8. The van der Waals surface area contributed by atoms with Gasteiger partial charge in [-0.15, -0.1) is 0 Å². The average Bonchev–Trinajstić information content (AvgIpc) is 3.11. The van der Waals surface area contributed by atoms with Crippen molar-refractivity contribution >= 4 is 34.3 Å². The SMILES string of the molecule is Cc1cccc(C2=N/C(=C/c3cccc4ccccc34)C(=O)N2c2ccc(O)cc2)c1. The molecule has 0 radical (unpaired) electrons. The Kier molecular flexibility index (Phi) is 4.60. The number of nitrogens with zero attached hydrogens (tertiary/aromatic N) is 2. The van der Waals surface area contributed by atoms with Crippen LogP contribution in [0.2, 0.25) is 0 Å². The number of amides is 1. The normalized spacial score (nSPS) is 15.0. The molecular formula is C27H20N2O2. The number of hydrogen-bond acceptors (Lipinski definition) is 3. The molecule has 1 heterocycles. The van der Waals surface area contributed by atoms with E-state index in [9.17, 15) is 9.90 Å². The van der Waals surface area contributed by atoms with E-state index in [-0.39, 0.29) is 11.7 Å². The Hall–Kier alpha value is -4.18. The van der Waals surface area contributed by atoms with Crippen molar-refractivity contribution in [3.8, 4) is 5.75 Å². The summed E-state index contributed by atoms with van der Waals surface area (Å²) in [6.45, 7) is 2.01. The van der Waals surface area contributed by atoms with Crippen LogP contribution >= 0.6 is 0 Å². The van der Waals surface area contributed by atoms with Crippen molar-refractivity contribution in [2.75, 3.05) is 4.90 Å². The second kappa shape index (κ2) is 7.58. The molecule has 5 rings (SSSR count). The van der Waals surface area contributed by atoms with Gasteiger partial charge in [0.2, 0.25) is 0 Å². The van der Waals surface area contributed by atoms with Crippen molar-refractivity contribution in [1.29, 1.82) is 0 Å². The number of aromatic hydroxyl groups is 1. The third-order valence-electron chi connectivity index (χ3n) is 5.36. The van der Waals surface area contributed by atoms with Crippen LogP contribution in [0.3, 0.4) is 0 Å². The van der Waals surface area contributed by atoms with E-state index in [0.717, 1.165) is 27.5 Å². The number of aliphatic imine (C=N–C) groups is 1. The molecule has 4 aromatic rings. The van der Waals surface area contributed by atoms with Crippen LogP contribution in [0.1, 0.15) is 16.7 Å².